The molecule has 0 bridgehead atoms. The summed E-state index contributed by atoms with van der Waals surface area (Å²) in [5.74, 6) is 2.07. The fourth-order valence-corrected chi connectivity index (χ4v) is 2.92. The smallest absolute Gasteiger partial charge is 0.165 e. The topological polar surface area (TPSA) is 62.3 Å². The van der Waals surface area contributed by atoms with E-state index in [9.17, 15) is 0 Å². The highest BCUT2D eigenvalue weighted by atomic mass is 35.5. The zero-order valence-electron chi connectivity index (χ0n) is 12.1. The van der Waals surface area contributed by atoms with E-state index >= 15 is 0 Å². The number of anilines is 1. The molecule has 0 spiro atoms. The fraction of sp³-hybridized carbons (Fsp3) is 0.400. The van der Waals surface area contributed by atoms with Crippen LogP contribution in [-0.4, -0.2) is 23.0 Å². The van der Waals surface area contributed by atoms with Crippen molar-refractivity contribution in [1.82, 2.24) is 9.78 Å². The van der Waals surface area contributed by atoms with Gasteiger partial charge in [0.05, 0.1) is 24.4 Å². The van der Waals surface area contributed by atoms with E-state index in [2.05, 4.69) is 12.0 Å². The first-order valence-corrected chi connectivity index (χ1v) is 7.40. The Morgan fingerprint density at radius 2 is 2.14 bits per heavy atom. The van der Waals surface area contributed by atoms with E-state index in [1.807, 2.05) is 6.07 Å². The van der Waals surface area contributed by atoms with Crippen molar-refractivity contribution in [2.24, 2.45) is 7.05 Å². The lowest BCUT2D eigenvalue weighted by Gasteiger charge is -2.17. The van der Waals surface area contributed by atoms with E-state index in [1.165, 1.54) is 0 Å². The van der Waals surface area contributed by atoms with Crippen LogP contribution >= 0.6 is 11.6 Å². The third kappa shape index (κ3) is 2.31. The summed E-state index contributed by atoms with van der Waals surface area (Å²) in [6, 6.07) is 1.81. The Balaban J connectivity index is 2.25. The number of aryl methyl sites for hydroxylation is 1. The van der Waals surface area contributed by atoms with Crippen molar-refractivity contribution in [3.8, 4) is 22.6 Å². The standard InChI is InChI=1S/C15H18ClN3O2/c1-3-9-13(10-8-18-19(2)15(10)17)11(16)7-12-14(9)21-6-4-5-20-12/h7-8H,3-6,17H2,1-2H3. The zero-order chi connectivity index (χ0) is 15.0. The summed E-state index contributed by atoms with van der Waals surface area (Å²) in [6.45, 7) is 3.35. The Hall–Kier alpha value is -1.88. The SMILES string of the molecule is CCc1c2c(cc(Cl)c1-c1cnn(C)c1N)OCCCO2. The van der Waals surface area contributed by atoms with Crippen LogP contribution < -0.4 is 15.2 Å². The van der Waals surface area contributed by atoms with Gasteiger partial charge in [0.25, 0.3) is 0 Å². The van der Waals surface area contributed by atoms with E-state index in [1.54, 1.807) is 17.9 Å². The minimum absolute atomic E-state index is 0.584. The number of ether oxygens (including phenoxy) is 2. The Labute approximate surface area is 128 Å². The maximum Gasteiger partial charge on any atom is 0.165 e. The minimum atomic E-state index is 0.584. The van der Waals surface area contributed by atoms with Gasteiger partial charge in [-0.2, -0.15) is 5.10 Å². The van der Waals surface area contributed by atoms with Crippen LogP contribution in [0, 0.1) is 0 Å². The minimum Gasteiger partial charge on any atom is -0.489 e. The number of halogens is 1. The highest BCUT2D eigenvalue weighted by molar-refractivity contribution is 6.34. The Bertz CT molecular complexity index is 682. The molecule has 21 heavy (non-hydrogen) atoms. The molecular weight excluding hydrogens is 290 g/mol. The van der Waals surface area contributed by atoms with Gasteiger partial charge < -0.3 is 15.2 Å². The van der Waals surface area contributed by atoms with E-state index in [0.717, 1.165) is 35.3 Å². The second-order valence-electron chi connectivity index (χ2n) is 5.01. The lowest BCUT2D eigenvalue weighted by Crippen LogP contribution is -2.02. The lowest BCUT2D eigenvalue weighted by atomic mass is 9.98. The van der Waals surface area contributed by atoms with Crippen molar-refractivity contribution in [3.05, 3.63) is 22.8 Å². The first kappa shape index (κ1) is 14.1. The summed E-state index contributed by atoms with van der Waals surface area (Å²) in [4.78, 5) is 0. The van der Waals surface area contributed by atoms with Crippen LogP contribution in [0.4, 0.5) is 5.82 Å². The molecule has 3 rings (SSSR count). The van der Waals surface area contributed by atoms with Gasteiger partial charge in [0.1, 0.15) is 5.82 Å². The zero-order valence-corrected chi connectivity index (χ0v) is 12.9. The highest BCUT2D eigenvalue weighted by Gasteiger charge is 2.23. The molecule has 2 aromatic rings. The first-order valence-electron chi connectivity index (χ1n) is 7.02. The third-order valence-electron chi connectivity index (χ3n) is 3.70. The Morgan fingerprint density at radius 1 is 1.38 bits per heavy atom. The number of rotatable bonds is 2. The maximum atomic E-state index is 6.49. The van der Waals surface area contributed by atoms with Crippen molar-refractivity contribution in [1.29, 1.82) is 0 Å². The molecule has 5 nitrogen and oxygen atoms in total. The molecule has 1 aromatic carbocycles. The van der Waals surface area contributed by atoms with E-state index in [-0.39, 0.29) is 0 Å². The van der Waals surface area contributed by atoms with Crippen molar-refractivity contribution in [2.75, 3.05) is 18.9 Å². The second-order valence-corrected chi connectivity index (χ2v) is 5.42. The van der Waals surface area contributed by atoms with Crippen LogP contribution in [-0.2, 0) is 13.5 Å². The largest absolute Gasteiger partial charge is 0.489 e. The summed E-state index contributed by atoms with van der Waals surface area (Å²) in [5, 5.41) is 4.81. The van der Waals surface area contributed by atoms with Gasteiger partial charge in [-0.05, 0) is 6.42 Å². The molecule has 1 aliphatic rings. The predicted octanol–water partition coefficient (Wildman–Crippen LogP) is 3.05. The normalized spacial score (nSPS) is 14.0. The molecule has 112 valence electrons. The molecule has 0 amide bonds. The van der Waals surface area contributed by atoms with Crippen molar-refractivity contribution >= 4 is 17.4 Å². The van der Waals surface area contributed by atoms with E-state index < -0.39 is 0 Å². The number of fused-ring (bicyclic) bond motifs is 1. The van der Waals surface area contributed by atoms with Crippen molar-refractivity contribution in [2.45, 2.75) is 19.8 Å². The fourth-order valence-electron chi connectivity index (χ4n) is 2.61. The third-order valence-corrected chi connectivity index (χ3v) is 3.99. The summed E-state index contributed by atoms with van der Waals surface area (Å²) >= 11 is 6.49. The highest BCUT2D eigenvalue weighted by Crippen LogP contribution is 2.45. The van der Waals surface area contributed by atoms with Crippen LogP contribution in [0.15, 0.2) is 12.3 Å². The molecule has 0 unspecified atom stereocenters. The molecule has 1 aromatic heterocycles. The second kappa shape index (κ2) is 5.48. The van der Waals surface area contributed by atoms with Crippen molar-refractivity contribution in [3.63, 3.8) is 0 Å². The van der Waals surface area contributed by atoms with E-state index in [0.29, 0.717) is 29.8 Å². The van der Waals surface area contributed by atoms with Gasteiger partial charge >= 0.3 is 0 Å². The molecule has 0 fully saturated rings. The molecule has 2 heterocycles. The number of nitrogen functional groups attached to an aromatic ring is 1. The quantitative estimate of drug-likeness (QED) is 0.926. The summed E-state index contributed by atoms with van der Waals surface area (Å²) in [6.07, 6.45) is 3.37. The average Bonchev–Trinajstić information content (AvgIpc) is 2.68. The Kier molecular flexibility index (Phi) is 3.68. The molecule has 0 saturated heterocycles. The number of hydrogen-bond acceptors (Lipinski definition) is 4. The molecular formula is C15H18ClN3O2. The molecule has 2 N–H and O–H groups in total. The molecule has 1 aliphatic heterocycles. The van der Waals surface area contributed by atoms with Crippen molar-refractivity contribution < 1.29 is 9.47 Å². The van der Waals surface area contributed by atoms with Gasteiger partial charge in [0.2, 0.25) is 0 Å². The van der Waals surface area contributed by atoms with Gasteiger partial charge in [0, 0.05) is 36.2 Å². The molecule has 0 radical (unpaired) electrons. The van der Waals surface area contributed by atoms with Gasteiger partial charge in [-0.1, -0.05) is 18.5 Å². The monoisotopic (exact) mass is 307 g/mol. The van der Waals surface area contributed by atoms with Gasteiger partial charge in [-0.15, -0.1) is 0 Å². The summed E-state index contributed by atoms with van der Waals surface area (Å²) in [5.41, 5.74) is 8.83. The van der Waals surface area contributed by atoms with E-state index in [4.69, 9.17) is 26.8 Å². The molecule has 0 aliphatic carbocycles. The summed E-state index contributed by atoms with van der Waals surface area (Å²) in [7, 11) is 1.81. The number of nitrogens with zero attached hydrogens (tertiary/aromatic N) is 2. The van der Waals surface area contributed by atoms with Gasteiger partial charge in [0.15, 0.2) is 11.5 Å². The molecule has 0 atom stereocenters. The number of benzene rings is 1. The number of aromatic nitrogens is 2. The Morgan fingerprint density at radius 3 is 2.81 bits per heavy atom. The van der Waals surface area contributed by atoms with Crippen LogP contribution in [0.3, 0.4) is 0 Å². The van der Waals surface area contributed by atoms with Gasteiger partial charge in [-0.25, -0.2) is 0 Å². The molecule has 6 heteroatoms. The van der Waals surface area contributed by atoms with Crippen LogP contribution in [0.25, 0.3) is 11.1 Å². The van der Waals surface area contributed by atoms with Gasteiger partial charge in [-0.3, -0.25) is 4.68 Å². The first-order chi connectivity index (χ1) is 10.1. The van der Waals surface area contributed by atoms with Crippen LogP contribution in [0.2, 0.25) is 5.02 Å². The van der Waals surface area contributed by atoms with Crippen LogP contribution in [0.1, 0.15) is 18.9 Å². The lowest BCUT2D eigenvalue weighted by molar-refractivity contribution is 0.296. The summed E-state index contributed by atoms with van der Waals surface area (Å²) < 4.78 is 13.3. The molecule has 0 saturated carbocycles. The maximum absolute atomic E-state index is 6.49. The predicted molar refractivity (Wildman–Crippen MR) is 83.1 cm³/mol. The number of hydrogen-bond donors (Lipinski definition) is 1. The average molecular weight is 308 g/mol. The van der Waals surface area contributed by atoms with Crippen LogP contribution in [0.5, 0.6) is 11.5 Å². The number of nitrogens with two attached hydrogens (primary N) is 1.